The molecule has 1 atom stereocenters. The van der Waals surface area contributed by atoms with Crippen LogP contribution in [0.4, 0.5) is 11.8 Å². The zero-order valence-corrected chi connectivity index (χ0v) is 16.9. The van der Waals surface area contributed by atoms with Gasteiger partial charge >= 0.3 is 0 Å². The van der Waals surface area contributed by atoms with Crippen molar-refractivity contribution in [3.05, 3.63) is 28.4 Å². The van der Waals surface area contributed by atoms with Crippen LogP contribution in [0, 0.1) is 0 Å². The summed E-state index contributed by atoms with van der Waals surface area (Å²) >= 11 is 11.6. The van der Waals surface area contributed by atoms with Gasteiger partial charge in [0.1, 0.15) is 23.3 Å². The molecule has 0 fully saturated rings. The second-order valence-corrected chi connectivity index (χ2v) is 7.23. The van der Waals surface area contributed by atoms with Gasteiger partial charge in [0.15, 0.2) is 5.82 Å². The highest BCUT2D eigenvalue weighted by molar-refractivity contribution is 7.92. The first-order valence-corrected chi connectivity index (χ1v) is 9.80. The molecule has 0 aliphatic rings. The van der Waals surface area contributed by atoms with Gasteiger partial charge in [0, 0.05) is 23.2 Å². The van der Waals surface area contributed by atoms with Crippen molar-refractivity contribution in [2.75, 3.05) is 30.9 Å². The van der Waals surface area contributed by atoms with E-state index in [1.165, 1.54) is 26.7 Å². The van der Waals surface area contributed by atoms with Gasteiger partial charge in [0.2, 0.25) is 5.95 Å². The Bertz CT molecular complexity index is 991. The molecule has 0 amide bonds. The summed E-state index contributed by atoms with van der Waals surface area (Å²) in [5, 5.41) is 1.13. The molecular formula is C16H15Cl2N5O3S. The maximum atomic E-state index is 11.7. The number of hydrogen-bond donors (Lipinski definition) is 2. The van der Waals surface area contributed by atoms with Gasteiger partial charge in [-0.3, -0.25) is 0 Å². The van der Waals surface area contributed by atoms with Crippen LogP contribution >= 0.6 is 23.2 Å². The molecule has 3 N–H and O–H groups in total. The molecule has 1 aromatic carbocycles. The van der Waals surface area contributed by atoms with E-state index in [1.54, 1.807) is 12.1 Å². The summed E-state index contributed by atoms with van der Waals surface area (Å²) in [6, 6.07) is 3.28. The van der Waals surface area contributed by atoms with Gasteiger partial charge in [0.05, 0.1) is 41.3 Å². The first-order chi connectivity index (χ1) is 12.8. The largest absolute Gasteiger partial charge is 0.593 e. The molecule has 0 saturated heterocycles. The Balaban J connectivity index is 2.34. The highest BCUT2D eigenvalue weighted by Crippen LogP contribution is 2.46. The number of nitrogens with one attached hydrogen (secondary N) is 1. The van der Waals surface area contributed by atoms with Crippen molar-refractivity contribution in [3.63, 3.8) is 0 Å². The highest BCUT2D eigenvalue weighted by atomic mass is 35.5. The zero-order valence-electron chi connectivity index (χ0n) is 14.5. The molecule has 0 aliphatic heterocycles. The highest BCUT2D eigenvalue weighted by Gasteiger charge is 2.22. The quantitative estimate of drug-likeness (QED) is 0.595. The van der Waals surface area contributed by atoms with Gasteiger partial charge < -0.3 is 19.8 Å². The van der Waals surface area contributed by atoms with Crippen LogP contribution in [-0.2, 0) is 11.4 Å². The molecule has 2 aromatic heterocycles. The molecule has 2 heterocycles. The number of ether oxygens (including phenoxy) is 2. The second kappa shape index (κ2) is 7.81. The van der Waals surface area contributed by atoms with Crippen LogP contribution in [0.15, 0.2) is 18.3 Å². The number of nitrogens with zero attached hydrogens (tertiary/aromatic N) is 3. The van der Waals surface area contributed by atoms with E-state index in [0.717, 1.165) is 0 Å². The third kappa shape index (κ3) is 3.77. The van der Waals surface area contributed by atoms with Crippen LogP contribution in [0.5, 0.6) is 11.5 Å². The monoisotopic (exact) mass is 427 g/mol. The van der Waals surface area contributed by atoms with Crippen molar-refractivity contribution in [2.45, 2.75) is 0 Å². The Morgan fingerprint density at radius 3 is 2.30 bits per heavy atom. The fourth-order valence-corrected chi connectivity index (χ4v) is 3.61. The lowest BCUT2D eigenvalue weighted by Gasteiger charge is -2.16. The van der Waals surface area contributed by atoms with E-state index < -0.39 is 11.4 Å². The predicted molar refractivity (Wildman–Crippen MR) is 108 cm³/mol. The number of methoxy groups -OCH3 is 2. The number of halogens is 2. The second-order valence-electron chi connectivity index (χ2n) is 5.36. The third-order valence-corrected chi connectivity index (χ3v) is 4.89. The van der Waals surface area contributed by atoms with Gasteiger partial charge in [-0.2, -0.15) is 4.72 Å². The fourth-order valence-electron chi connectivity index (χ4n) is 2.50. The van der Waals surface area contributed by atoms with E-state index in [1.807, 2.05) is 0 Å². The summed E-state index contributed by atoms with van der Waals surface area (Å²) in [4.78, 5) is 12.7. The zero-order chi connectivity index (χ0) is 19.7. The number of nitrogen functional groups attached to an aromatic ring is 1. The molecule has 11 heteroatoms. The van der Waals surface area contributed by atoms with Gasteiger partial charge in [0.25, 0.3) is 0 Å². The summed E-state index contributed by atoms with van der Waals surface area (Å²) in [7, 11) is 2.96. The van der Waals surface area contributed by atoms with Crippen LogP contribution in [-0.4, -0.2) is 40.0 Å². The van der Waals surface area contributed by atoms with Crippen LogP contribution in [0.1, 0.15) is 0 Å². The maximum absolute atomic E-state index is 11.7. The molecule has 0 bridgehead atoms. The smallest absolute Gasteiger partial charge is 0.220 e. The molecular weight excluding hydrogens is 413 g/mol. The summed E-state index contributed by atoms with van der Waals surface area (Å²) in [5.41, 5.74) is 6.89. The first kappa shape index (κ1) is 19.6. The number of rotatable bonds is 5. The third-order valence-electron chi connectivity index (χ3n) is 3.65. The lowest BCUT2D eigenvalue weighted by atomic mass is 10.1. The average molecular weight is 428 g/mol. The molecule has 3 aromatic rings. The SMILES string of the molecule is COc1cc(OC)c(Cl)c(-c2cc3cnc(N)nc3c(N[S+](C)[O-])n2)c1Cl. The minimum absolute atomic E-state index is 0.0705. The number of fused-ring (bicyclic) bond motifs is 1. The van der Waals surface area contributed by atoms with Gasteiger partial charge in [-0.05, 0) is 6.07 Å². The summed E-state index contributed by atoms with van der Waals surface area (Å²) < 4.78 is 25.1. The standard InChI is InChI=1S/C16H15Cl2N5O3S/c1-25-9-5-10(26-2)13(18)11(12(9)17)8-4-7-6-20-16(19)22-14(7)15(21-8)23-27(3)24/h4-6H,1-3H3,(H,21,23)(H2,19,20,22). The Labute approximate surface area is 168 Å². The Morgan fingerprint density at radius 2 is 1.74 bits per heavy atom. The first-order valence-electron chi connectivity index (χ1n) is 7.49. The van der Waals surface area contributed by atoms with Gasteiger partial charge in [-0.1, -0.05) is 23.2 Å². The normalized spacial score (nSPS) is 12.1. The van der Waals surface area contributed by atoms with E-state index in [9.17, 15) is 4.55 Å². The molecule has 27 heavy (non-hydrogen) atoms. The van der Waals surface area contributed by atoms with Gasteiger partial charge in [-0.15, -0.1) is 0 Å². The number of aromatic nitrogens is 3. The summed E-state index contributed by atoms with van der Waals surface area (Å²) in [6.45, 7) is 0. The van der Waals surface area contributed by atoms with Crippen LogP contribution < -0.4 is 19.9 Å². The van der Waals surface area contributed by atoms with E-state index in [0.29, 0.717) is 33.7 Å². The molecule has 0 spiro atoms. The fraction of sp³-hybridized carbons (Fsp3) is 0.188. The van der Waals surface area contributed by atoms with Crippen molar-refractivity contribution >= 4 is 57.2 Å². The molecule has 8 nitrogen and oxygen atoms in total. The predicted octanol–water partition coefficient (Wildman–Crippen LogP) is 3.30. The maximum Gasteiger partial charge on any atom is 0.220 e. The number of hydrogen-bond acceptors (Lipinski definition) is 8. The van der Waals surface area contributed by atoms with E-state index in [2.05, 4.69) is 19.7 Å². The molecule has 3 rings (SSSR count). The van der Waals surface area contributed by atoms with Crippen LogP contribution in [0.25, 0.3) is 22.2 Å². The van der Waals surface area contributed by atoms with Crippen LogP contribution in [0.2, 0.25) is 10.0 Å². The average Bonchev–Trinajstić information content (AvgIpc) is 2.62. The van der Waals surface area contributed by atoms with Crippen molar-refractivity contribution in [1.82, 2.24) is 15.0 Å². The van der Waals surface area contributed by atoms with Crippen LogP contribution in [0.3, 0.4) is 0 Å². The molecule has 0 saturated carbocycles. The molecule has 0 aliphatic carbocycles. The number of pyridine rings is 1. The Morgan fingerprint density at radius 1 is 1.11 bits per heavy atom. The summed E-state index contributed by atoms with van der Waals surface area (Å²) in [5.74, 6) is 1.07. The number of nitrogens with two attached hydrogens (primary N) is 1. The van der Waals surface area contributed by atoms with Gasteiger partial charge in [-0.25, -0.2) is 15.0 Å². The molecule has 142 valence electrons. The Kier molecular flexibility index (Phi) is 5.66. The molecule has 1 unspecified atom stereocenters. The Hall–Kier alpha value is -2.20. The minimum atomic E-state index is -1.40. The molecule has 0 radical (unpaired) electrons. The number of anilines is 2. The van der Waals surface area contributed by atoms with E-state index in [4.69, 9.17) is 38.4 Å². The van der Waals surface area contributed by atoms with Crippen molar-refractivity contribution in [3.8, 4) is 22.8 Å². The van der Waals surface area contributed by atoms with E-state index >= 15 is 0 Å². The summed E-state index contributed by atoms with van der Waals surface area (Å²) in [6.07, 6.45) is 3.01. The van der Waals surface area contributed by atoms with Crippen molar-refractivity contribution < 1.29 is 14.0 Å². The minimum Gasteiger partial charge on any atom is -0.593 e. The van der Waals surface area contributed by atoms with Crippen molar-refractivity contribution in [1.29, 1.82) is 0 Å². The lowest BCUT2D eigenvalue weighted by Crippen LogP contribution is -2.12. The lowest BCUT2D eigenvalue weighted by molar-refractivity contribution is 0.395. The topological polar surface area (TPSA) is 118 Å². The number of benzene rings is 1. The van der Waals surface area contributed by atoms with E-state index in [-0.39, 0.29) is 21.8 Å². The van der Waals surface area contributed by atoms with Crippen molar-refractivity contribution in [2.24, 2.45) is 0 Å².